The number of benzene rings is 1. The van der Waals surface area contributed by atoms with Gasteiger partial charge in [-0.05, 0) is 28.1 Å². The van der Waals surface area contributed by atoms with Crippen molar-refractivity contribution in [2.45, 2.75) is 0 Å². The van der Waals surface area contributed by atoms with Crippen LogP contribution in [0, 0.1) is 0 Å². The number of nitrogens with zero attached hydrogens (tertiary/aromatic N) is 2. The Labute approximate surface area is 100 Å². The van der Waals surface area contributed by atoms with Crippen LogP contribution in [-0.2, 0) is 0 Å². The molecule has 1 aromatic carbocycles. The molecule has 0 saturated carbocycles. The molecule has 0 bridgehead atoms. The van der Waals surface area contributed by atoms with Crippen LogP contribution in [0.2, 0.25) is 5.02 Å². The summed E-state index contributed by atoms with van der Waals surface area (Å²) in [5.74, 6) is 0.399. The Kier molecular flexibility index (Phi) is 2.88. The van der Waals surface area contributed by atoms with Crippen molar-refractivity contribution in [2.75, 3.05) is 5.73 Å². The summed E-state index contributed by atoms with van der Waals surface area (Å²) in [7, 11) is 0. The van der Waals surface area contributed by atoms with Crippen molar-refractivity contribution in [2.24, 2.45) is 0 Å². The van der Waals surface area contributed by atoms with E-state index in [-0.39, 0.29) is 0 Å². The van der Waals surface area contributed by atoms with Crippen molar-refractivity contribution in [1.82, 2.24) is 9.97 Å². The maximum atomic E-state index is 5.98. The average molecular weight is 285 g/mol. The largest absolute Gasteiger partial charge is 0.382 e. The van der Waals surface area contributed by atoms with E-state index < -0.39 is 0 Å². The van der Waals surface area contributed by atoms with Gasteiger partial charge in [-0.15, -0.1) is 0 Å². The van der Waals surface area contributed by atoms with Crippen LogP contribution in [0.1, 0.15) is 0 Å². The van der Waals surface area contributed by atoms with E-state index in [0.29, 0.717) is 16.5 Å². The van der Waals surface area contributed by atoms with Gasteiger partial charge in [0, 0.05) is 22.4 Å². The van der Waals surface area contributed by atoms with Crippen molar-refractivity contribution in [3.05, 3.63) is 40.1 Å². The molecular formula is C10H7BrClN3. The molecule has 0 atom stereocenters. The topological polar surface area (TPSA) is 51.8 Å². The van der Waals surface area contributed by atoms with Gasteiger partial charge in [-0.25, -0.2) is 4.98 Å². The van der Waals surface area contributed by atoms with Crippen molar-refractivity contribution < 1.29 is 0 Å². The summed E-state index contributed by atoms with van der Waals surface area (Å²) < 4.78 is 0.843. The van der Waals surface area contributed by atoms with E-state index in [4.69, 9.17) is 17.3 Å². The van der Waals surface area contributed by atoms with Crippen molar-refractivity contribution in [3.8, 4) is 11.3 Å². The highest BCUT2D eigenvalue weighted by molar-refractivity contribution is 9.10. The number of hydrogen-bond donors (Lipinski definition) is 1. The number of rotatable bonds is 1. The molecule has 0 spiro atoms. The molecule has 15 heavy (non-hydrogen) atoms. The highest BCUT2D eigenvalue weighted by Gasteiger charge is 2.06. The Hall–Kier alpha value is -1.13. The van der Waals surface area contributed by atoms with Gasteiger partial charge in [0.15, 0.2) is 0 Å². The van der Waals surface area contributed by atoms with Crippen LogP contribution < -0.4 is 5.73 Å². The number of nitrogens with two attached hydrogens (primary N) is 1. The summed E-state index contributed by atoms with van der Waals surface area (Å²) >= 11 is 9.30. The molecule has 2 N–H and O–H groups in total. The molecule has 0 aliphatic rings. The lowest BCUT2D eigenvalue weighted by atomic mass is 10.1. The molecular weight excluding hydrogens is 277 g/mol. The van der Waals surface area contributed by atoms with Crippen LogP contribution in [0.4, 0.5) is 5.82 Å². The lowest BCUT2D eigenvalue weighted by molar-refractivity contribution is 1.21. The molecule has 0 unspecified atom stereocenters. The van der Waals surface area contributed by atoms with Gasteiger partial charge in [0.25, 0.3) is 0 Å². The summed E-state index contributed by atoms with van der Waals surface area (Å²) in [5.41, 5.74) is 7.21. The summed E-state index contributed by atoms with van der Waals surface area (Å²) in [4.78, 5) is 8.13. The smallest absolute Gasteiger partial charge is 0.149 e. The fourth-order valence-corrected chi connectivity index (χ4v) is 1.64. The van der Waals surface area contributed by atoms with E-state index >= 15 is 0 Å². The van der Waals surface area contributed by atoms with Gasteiger partial charge < -0.3 is 5.73 Å². The number of hydrogen-bond acceptors (Lipinski definition) is 3. The minimum Gasteiger partial charge on any atom is -0.382 e. The highest BCUT2D eigenvalue weighted by atomic mass is 79.9. The second-order valence-corrected chi connectivity index (χ2v) is 4.18. The van der Waals surface area contributed by atoms with E-state index in [1.165, 1.54) is 0 Å². The van der Waals surface area contributed by atoms with E-state index in [9.17, 15) is 0 Å². The van der Waals surface area contributed by atoms with E-state index in [0.717, 1.165) is 10.0 Å². The second kappa shape index (κ2) is 4.16. The van der Waals surface area contributed by atoms with Crippen LogP contribution >= 0.6 is 27.5 Å². The third-order valence-electron chi connectivity index (χ3n) is 1.92. The molecule has 2 aromatic rings. The molecule has 0 aliphatic carbocycles. The van der Waals surface area contributed by atoms with Crippen molar-refractivity contribution >= 4 is 33.3 Å². The Morgan fingerprint density at radius 3 is 2.60 bits per heavy atom. The summed E-state index contributed by atoms with van der Waals surface area (Å²) in [5, 5.41) is 0.623. The standard InChI is InChI=1S/C10H7BrClN3/c11-7-2-1-6(5-8(7)12)9-10(13)15-4-3-14-9/h1-5H,(H2,13,15). The third kappa shape index (κ3) is 2.11. The monoisotopic (exact) mass is 283 g/mol. The molecule has 3 nitrogen and oxygen atoms in total. The summed E-state index contributed by atoms with van der Waals surface area (Å²) in [6.07, 6.45) is 3.15. The van der Waals surface area contributed by atoms with Crippen molar-refractivity contribution in [1.29, 1.82) is 0 Å². The molecule has 5 heteroatoms. The first kappa shape index (κ1) is 10.4. The first-order valence-electron chi connectivity index (χ1n) is 4.20. The molecule has 0 amide bonds. The minimum atomic E-state index is 0.399. The third-order valence-corrected chi connectivity index (χ3v) is 3.15. The zero-order chi connectivity index (χ0) is 10.8. The van der Waals surface area contributed by atoms with Gasteiger partial charge in [0.1, 0.15) is 11.5 Å². The fraction of sp³-hybridized carbons (Fsp3) is 0. The maximum Gasteiger partial charge on any atom is 0.149 e. The van der Waals surface area contributed by atoms with Gasteiger partial charge in [-0.1, -0.05) is 17.7 Å². The first-order valence-corrected chi connectivity index (χ1v) is 5.37. The van der Waals surface area contributed by atoms with E-state index in [1.807, 2.05) is 12.1 Å². The maximum absolute atomic E-state index is 5.98. The van der Waals surface area contributed by atoms with E-state index in [2.05, 4.69) is 25.9 Å². The number of anilines is 1. The minimum absolute atomic E-state index is 0.399. The predicted octanol–water partition coefficient (Wildman–Crippen LogP) is 3.14. The van der Waals surface area contributed by atoms with E-state index in [1.54, 1.807) is 18.5 Å². The molecule has 0 aliphatic heterocycles. The molecule has 76 valence electrons. The van der Waals surface area contributed by atoms with Gasteiger partial charge in [-0.2, -0.15) is 0 Å². The lowest BCUT2D eigenvalue weighted by Crippen LogP contribution is -1.95. The van der Waals surface area contributed by atoms with Crippen LogP contribution in [0.25, 0.3) is 11.3 Å². The zero-order valence-corrected chi connectivity index (χ0v) is 9.96. The zero-order valence-electron chi connectivity index (χ0n) is 7.61. The first-order chi connectivity index (χ1) is 7.18. The van der Waals surface area contributed by atoms with Gasteiger partial charge in [0.2, 0.25) is 0 Å². The Balaban J connectivity index is 2.55. The lowest BCUT2D eigenvalue weighted by Gasteiger charge is -2.04. The normalized spacial score (nSPS) is 10.3. The fourth-order valence-electron chi connectivity index (χ4n) is 1.21. The number of nitrogen functional groups attached to an aromatic ring is 1. The molecule has 1 heterocycles. The quantitative estimate of drug-likeness (QED) is 0.875. The Morgan fingerprint density at radius 2 is 1.93 bits per heavy atom. The SMILES string of the molecule is Nc1nccnc1-c1ccc(Br)c(Cl)c1. The highest BCUT2D eigenvalue weighted by Crippen LogP contribution is 2.29. The van der Waals surface area contributed by atoms with Gasteiger partial charge in [-0.3, -0.25) is 4.98 Å². The summed E-state index contributed by atoms with van der Waals surface area (Å²) in [6.45, 7) is 0. The molecule has 1 aromatic heterocycles. The van der Waals surface area contributed by atoms with Gasteiger partial charge in [0.05, 0.1) is 5.02 Å². The molecule has 0 saturated heterocycles. The molecule has 0 fully saturated rings. The Morgan fingerprint density at radius 1 is 1.20 bits per heavy atom. The second-order valence-electron chi connectivity index (χ2n) is 2.92. The van der Waals surface area contributed by atoms with Crippen LogP contribution in [0.5, 0.6) is 0 Å². The predicted molar refractivity (Wildman–Crippen MR) is 64.6 cm³/mol. The number of halogens is 2. The molecule has 2 rings (SSSR count). The van der Waals surface area contributed by atoms with Gasteiger partial charge >= 0.3 is 0 Å². The van der Waals surface area contributed by atoms with Crippen molar-refractivity contribution in [3.63, 3.8) is 0 Å². The summed E-state index contributed by atoms with van der Waals surface area (Å²) in [6, 6.07) is 5.54. The average Bonchev–Trinajstić information content (AvgIpc) is 2.23. The molecule has 0 radical (unpaired) electrons. The number of aromatic nitrogens is 2. The van der Waals surface area contributed by atoms with Crippen LogP contribution in [0.3, 0.4) is 0 Å². The van der Waals surface area contributed by atoms with Crippen LogP contribution in [-0.4, -0.2) is 9.97 Å². The Bertz CT molecular complexity index is 502. The van der Waals surface area contributed by atoms with Crippen LogP contribution in [0.15, 0.2) is 35.1 Å².